The summed E-state index contributed by atoms with van der Waals surface area (Å²) in [5, 5.41) is 1.94. The van der Waals surface area contributed by atoms with E-state index in [1.165, 1.54) is 12.8 Å². The van der Waals surface area contributed by atoms with Crippen LogP contribution in [-0.2, 0) is 4.74 Å². The predicted octanol–water partition coefficient (Wildman–Crippen LogP) is -0.345. The van der Waals surface area contributed by atoms with Gasteiger partial charge >= 0.3 is 0 Å². The van der Waals surface area contributed by atoms with E-state index >= 15 is 0 Å². The first-order valence-electron chi connectivity index (χ1n) is 5.06. The molecule has 0 aromatic rings. The maximum atomic E-state index is 5.78. The summed E-state index contributed by atoms with van der Waals surface area (Å²) in [6, 6.07) is 0.671. The number of fused-ring (bicyclic) bond motifs is 1. The van der Waals surface area contributed by atoms with Gasteiger partial charge in [-0.05, 0) is 12.8 Å². The number of piperazine rings is 1. The Kier molecular flexibility index (Phi) is 2.83. The number of nitrogens with two attached hydrogens (primary N) is 1. The van der Waals surface area contributed by atoms with Crippen molar-refractivity contribution in [2.75, 3.05) is 33.3 Å². The van der Waals surface area contributed by atoms with Crippen LogP contribution in [0.25, 0.3) is 0 Å². The molecule has 2 saturated heterocycles. The minimum Gasteiger partial charge on any atom is -0.380 e. The van der Waals surface area contributed by atoms with Gasteiger partial charge < -0.3 is 4.74 Å². The van der Waals surface area contributed by atoms with Gasteiger partial charge in [0.2, 0.25) is 0 Å². The first-order chi connectivity index (χ1) is 6.29. The summed E-state index contributed by atoms with van der Waals surface area (Å²) in [4.78, 5) is 2.51. The normalized spacial score (nSPS) is 37.4. The second kappa shape index (κ2) is 3.92. The van der Waals surface area contributed by atoms with E-state index in [1.54, 1.807) is 0 Å². The zero-order valence-corrected chi connectivity index (χ0v) is 8.28. The molecule has 0 saturated carbocycles. The first kappa shape index (κ1) is 9.40. The highest BCUT2D eigenvalue weighted by Crippen LogP contribution is 2.21. The zero-order chi connectivity index (χ0) is 9.26. The van der Waals surface area contributed by atoms with Crippen LogP contribution >= 0.6 is 0 Å². The minimum atomic E-state index is 0.445. The third-order valence-electron chi connectivity index (χ3n) is 3.23. The number of ether oxygens (including phenoxy) is 1. The van der Waals surface area contributed by atoms with Crippen LogP contribution in [-0.4, -0.2) is 55.3 Å². The van der Waals surface area contributed by atoms with Crippen LogP contribution in [0.4, 0.5) is 0 Å². The van der Waals surface area contributed by atoms with Gasteiger partial charge in [-0.1, -0.05) is 0 Å². The summed E-state index contributed by atoms with van der Waals surface area (Å²) in [7, 11) is 1.81. The third-order valence-corrected chi connectivity index (χ3v) is 3.23. The molecule has 0 amide bonds. The minimum absolute atomic E-state index is 0.445. The van der Waals surface area contributed by atoms with Gasteiger partial charge in [0.25, 0.3) is 0 Å². The van der Waals surface area contributed by atoms with E-state index < -0.39 is 0 Å². The van der Waals surface area contributed by atoms with Gasteiger partial charge in [-0.2, -0.15) is 0 Å². The summed E-state index contributed by atoms with van der Waals surface area (Å²) in [6.45, 7) is 4.21. The van der Waals surface area contributed by atoms with Crippen LogP contribution in [0, 0.1) is 0 Å². The molecule has 0 aromatic heterocycles. The predicted molar refractivity (Wildman–Crippen MR) is 51.2 cm³/mol. The fourth-order valence-electron chi connectivity index (χ4n) is 2.35. The number of piperidine rings is 1. The van der Waals surface area contributed by atoms with E-state index in [0.717, 1.165) is 26.2 Å². The second-order valence-electron chi connectivity index (χ2n) is 4.08. The van der Waals surface area contributed by atoms with Crippen LogP contribution in [0.5, 0.6) is 0 Å². The molecule has 4 nitrogen and oxygen atoms in total. The Morgan fingerprint density at radius 3 is 2.85 bits per heavy atom. The maximum absolute atomic E-state index is 5.78. The van der Waals surface area contributed by atoms with Crippen molar-refractivity contribution >= 4 is 0 Å². The van der Waals surface area contributed by atoms with Gasteiger partial charge in [-0.25, -0.2) is 5.01 Å². The number of methoxy groups -OCH3 is 1. The number of hydrogen-bond donors (Lipinski definition) is 1. The fraction of sp³-hybridized carbons (Fsp3) is 1.00. The van der Waals surface area contributed by atoms with Crippen molar-refractivity contribution in [1.29, 1.82) is 0 Å². The fourth-order valence-corrected chi connectivity index (χ4v) is 2.35. The van der Waals surface area contributed by atoms with E-state index in [-0.39, 0.29) is 0 Å². The molecule has 2 fully saturated rings. The van der Waals surface area contributed by atoms with Gasteiger partial charge in [-0.3, -0.25) is 10.7 Å². The molecule has 0 bridgehead atoms. The summed E-state index contributed by atoms with van der Waals surface area (Å²) in [5.74, 6) is 5.78. The summed E-state index contributed by atoms with van der Waals surface area (Å²) in [5.41, 5.74) is 0. The molecule has 2 unspecified atom stereocenters. The Bertz CT molecular complexity index is 176. The lowest BCUT2D eigenvalue weighted by Gasteiger charge is -2.44. The topological polar surface area (TPSA) is 41.7 Å². The van der Waals surface area contributed by atoms with Gasteiger partial charge in [-0.15, -0.1) is 0 Å². The monoisotopic (exact) mass is 185 g/mol. The molecule has 2 atom stereocenters. The van der Waals surface area contributed by atoms with Crippen LogP contribution in [0.1, 0.15) is 12.8 Å². The SMILES string of the molecule is COC1CCC2CN(N)CCN2C1. The van der Waals surface area contributed by atoms with Crippen molar-refractivity contribution in [2.24, 2.45) is 5.84 Å². The van der Waals surface area contributed by atoms with Crippen molar-refractivity contribution in [3.63, 3.8) is 0 Å². The molecule has 2 rings (SSSR count). The van der Waals surface area contributed by atoms with Crippen LogP contribution in [0.3, 0.4) is 0 Å². The molecule has 2 heterocycles. The number of hydrogen-bond acceptors (Lipinski definition) is 4. The Hall–Kier alpha value is -0.160. The molecule has 2 aliphatic rings. The van der Waals surface area contributed by atoms with Gasteiger partial charge in [0, 0.05) is 39.3 Å². The Morgan fingerprint density at radius 2 is 2.08 bits per heavy atom. The molecule has 4 heteroatoms. The molecule has 0 radical (unpaired) electrons. The summed E-state index contributed by atoms with van der Waals surface area (Å²) in [6.07, 6.45) is 2.86. The van der Waals surface area contributed by atoms with Crippen LogP contribution in [0.15, 0.2) is 0 Å². The van der Waals surface area contributed by atoms with Crippen molar-refractivity contribution in [2.45, 2.75) is 25.0 Å². The highest BCUT2D eigenvalue weighted by atomic mass is 16.5. The first-order valence-corrected chi connectivity index (χ1v) is 5.06. The van der Waals surface area contributed by atoms with E-state index in [9.17, 15) is 0 Å². The Morgan fingerprint density at radius 1 is 1.23 bits per heavy atom. The largest absolute Gasteiger partial charge is 0.380 e. The molecule has 13 heavy (non-hydrogen) atoms. The number of nitrogens with zero attached hydrogens (tertiary/aromatic N) is 2. The molecular formula is C9H19N3O. The lowest BCUT2D eigenvalue weighted by Crippen LogP contribution is -2.59. The van der Waals surface area contributed by atoms with Gasteiger partial charge in [0.15, 0.2) is 0 Å². The average molecular weight is 185 g/mol. The summed E-state index contributed by atoms with van der Waals surface area (Å²) >= 11 is 0. The number of rotatable bonds is 1. The highest BCUT2D eigenvalue weighted by Gasteiger charge is 2.31. The smallest absolute Gasteiger partial charge is 0.0698 e. The zero-order valence-electron chi connectivity index (χ0n) is 8.28. The molecule has 2 N–H and O–H groups in total. The lowest BCUT2D eigenvalue weighted by atomic mass is 9.98. The molecule has 0 aliphatic carbocycles. The van der Waals surface area contributed by atoms with Crippen molar-refractivity contribution in [1.82, 2.24) is 9.91 Å². The van der Waals surface area contributed by atoms with Gasteiger partial charge in [0.05, 0.1) is 6.10 Å². The maximum Gasteiger partial charge on any atom is 0.0698 e. The molecule has 0 spiro atoms. The third kappa shape index (κ3) is 2.02. The highest BCUT2D eigenvalue weighted by molar-refractivity contribution is 4.86. The Balaban J connectivity index is 1.90. The quantitative estimate of drug-likeness (QED) is 0.567. The second-order valence-corrected chi connectivity index (χ2v) is 4.08. The molecular weight excluding hydrogens is 166 g/mol. The Labute approximate surface area is 79.6 Å². The van der Waals surface area contributed by atoms with Crippen molar-refractivity contribution in [3.05, 3.63) is 0 Å². The van der Waals surface area contributed by atoms with E-state index in [0.29, 0.717) is 12.1 Å². The van der Waals surface area contributed by atoms with Crippen LogP contribution in [0.2, 0.25) is 0 Å². The van der Waals surface area contributed by atoms with E-state index in [1.807, 2.05) is 12.1 Å². The molecule has 2 aliphatic heterocycles. The lowest BCUT2D eigenvalue weighted by molar-refractivity contribution is -0.0266. The standard InChI is InChI=1S/C9H19N3O/c1-13-9-3-2-8-6-12(10)5-4-11(8)7-9/h8-9H,2-7,10H2,1H3. The van der Waals surface area contributed by atoms with E-state index in [2.05, 4.69) is 4.90 Å². The van der Waals surface area contributed by atoms with Crippen molar-refractivity contribution in [3.8, 4) is 0 Å². The summed E-state index contributed by atoms with van der Waals surface area (Å²) < 4.78 is 5.38. The van der Waals surface area contributed by atoms with Gasteiger partial charge in [0.1, 0.15) is 0 Å². The average Bonchev–Trinajstić information content (AvgIpc) is 2.17. The van der Waals surface area contributed by atoms with Crippen LogP contribution < -0.4 is 5.84 Å². The molecule has 76 valence electrons. The van der Waals surface area contributed by atoms with E-state index in [4.69, 9.17) is 10.6 Å². The van der Waals surface area contributed by atoms with Crippen molar-refractivity contribution < 1.29 is 4.74 Å². The number of hydrazine groups is 1. The molecule has 0 aromatic carbocycles.